The number of rotatable bonds is 4. The molecule has 0 bridgehead atoms. The molecule has 106 valence electrons. The maximum atomic E-state index is 6.17. The first-order chi connectivity index (χ1) is 8.70. The Morgan fingerprint density at radius 2 is 2.17 bits per heavy atom. The van der Waals surface area contributed by atoms with Crippen molar-refractivity contribution in [3.05, 3.63) is 0 Å². The highest BCUT2D eigenvalue weighted by Gasteiger charge is 2.40. The summed E-state index contributed by atoms with van der Waals surface area (Å²) in [4.78, 5) is 2.66. The molecule has 2 N–H and O–H groups in total. The van der Waals surface area contributed by atoms with Gasteiger partial charge in [0, 0.05) is 25.2 Å². The summed E-state index contributed by atoms with van der Waals surface area (Å²) in [5.41, 5.74) is 6.44. The molecule has 18 heavy (non-hydrogen) atoms. The van der Waals surface area contributed by atoms with Crippen LogP contribution in [0.2, 0.25) is 0 Å². The van der Waals surface area contributed by atoms with E-state index < -0.39 is 0 Å². The van der Waals surface area contributed by atoms with Crippen molar-refractivity contribution in [1.82, 2.24) is 4.90 Å². The van der Waals surface area contributed by atoms with Crippen molar-refractivity contribution in [2.24, 2.45) is 11.7 Å². The summed E-state index contributed by atoms with van der Waals surface area (Å²) in [6.07, 6.45) is 8.21. The third-order valence-corrected chi connectivity index (χ3v) is 4.90. The van der Waals surface area contributed by atoms with Gasteiger partial charge in [-0.15, -0.1) is 0 Å². The van der Waals surface area contributed by atoms with Gasteiger partial charge in [0.25, 0.3) is 0 Å². The number of likely N-dealkylation sites (tertiary alicyclic amines) is 1. The van der Waals surface area contributed by atoms with Crippen LogP contribution < -0.4 is 5.73 Å². The van der Waals surface area contributed by atoms with Gasteiger partial charge in [-0.05, 0) is 45.1 Å². The van der Waals surface area contributed by atoms with Gasteiger partial charge in [0.1, 0.15) is 0 Å². The summed E-state index contributed by atoms with van der Waals surface area (Å²) in [7, 11) is 0. The molecule has 2 fully saturated rings. The highest BCUT2D eigenvalue weighted by Crippen LogP contribution is 2.37. The molecule has 0 spiro atoms. The third-order valence-electron chi connectivity index (χ3n) is 4.90. The van der Waals surface area contributed by atoms with Crippen molar-refractivity contribution in [2.75, 3.05) is 26.2 Å². The molecule has 0 aromatic carbocycles. The van der Waals surface area contributed by atoms with E-state index in [2.05, 4.69) is 18.7 Å². The van der Waals surface area contributed by atoms with Crippen molar-refractivity contribution >= 4 is 0 Å². The first kappa shape index (κ1) is 14.3. The Balaban J connectivity index is 2.02. The minimum Gasteiger partial charge on any atom is -0.377 e. The van der Waals surface area contributed by atoms with Gasteiger partial charge in [0.2, 0.25) is 0 Å². The lowest BCUT2D eigenvalue weighted by molar-refractivity contribution is -0.0489. The zero-order valence-electron chi connectivity index (χ0n) is 12.2. The third kappa shape index (κ3) is 3.06. The van der Waals surface area contributed by atoms with Crippen molar-refractivity contribution < 1.29 is 4.74 Å². The molecule has 0 radical (unpaired) electrons. The summed E-state index contributed by atoms with van der Waals surface area (Å²) in [5.74, 6) is 0.828. The van der Waals surface area contributed by atoms with Crippen molar-refractivity contribution in [2.45, 2.75) is 64.0 Å². The number of nitrogens with two attached hydrogens (primary N) is 1. The van der Waals surface area contributed by atoms with E-state index in [1.807, 2.05) is 0 Å². The monoisotopic (exact) mass is 254 g/mol. The van der Waals surface area contributed by atoms with Gasteiger partial charge >= 0.3 is 0 Å². The first-order valence-electron chi connectivity index (χ1n) is 7.77. The number of hydrogen-bond acceptors (Lipinski definition) is 3. The Kier molecular flexibility index (Phi) is 5.05. The fourth-order valence-corrected chi connectivity index (χ4v) is 3.97. The Morgan fingerprint density at radius 1 is 1.33 bits per heavy atom. The smallest absolute Gasteiger partial charge is 0.0702 e. The molecular formula is C15H30N2O. The van der Waals surface area contributed by atoms with Crippen LogP contribution in [0.5, 0.6) is 0 Å². The highest BCUT2D eigenvalue weighted by molar-refractivity contribution is 4.97. The molecule has 2 rings (SSSR count). The van der Waals surface area contributed by atoms with Crippen LogP contribution >= 0.6 is 0 Å². The zero-order valence-corrected chi connectivity index (χ0v) is 12.2. The van der Waals surface area contributed by atoms with Crippen LogP contribution in [0, 0.1) is 5.92 Å². The fraction of sp³-hybridized carbons (Fsp3) is 1.00. The number of piperidine rings is 1. The van der Waals surface area contributed by atoms with Gasteiger partial charge in [-0.3, -0.25) is 4.90 Å². The lowest BCUT2D eigenvalue weighted by Gasteiger charge is -2.50. The molecule has 1 saturated heterocycles. The highest BCUT2D eigenvalue weighted by atomic mass is 16.5. The van der Waals surface area contributed by atoms with Crippen LogP contribution in [0.15, 0.2) is 0 Å². The van der Waals surface area contributed by atoms with E-state index in [1.165, 1.54) is 45.1 Å². The molecule has 3 atom stereocenters. The van der Waals surface area contributed by atoms with Crippen LogP contribution in [0.1, 0.15) is 52.4 Å². The molecule has 3 heteroatoms. The van der Waals surface area contributed by atoms with E-state index >= 15 is 0 Å². The van der Waals surface area contributed by atoms with E-state index in [-0.39, 0.29) is 5.54 Å². The van der Waals surface area contributed by atoms with Gasteiger partial charge in [-0.2, -0.15) is 0 Å². The molecule has 0 aromatic rings. The minimum atomic E-state index is 0.271. The van der Waals surface area contributed by atoms with Gasteiger partial charge < -0.3 is 10.5 Å². The van der Waals surface area contributed by atoms with Crippen LogP contribution in [0.3, 0.4) is 0 Å². The van der Waals surface area contributed by atoms with Crippen molar-refractivity contribution in [3.8, 4) is 0 Å². The molecule has 0 aromatic heterocycles. The molecule has 2 aliphatic rings. The molecule has 0 amide bonds. The average Bonchev–Trinajstić information content (AvgIpc) is 2.39. The minimum absolute atomic E-state index is 0.271. The van der Waals surface area contributed by atoms with Crippen LogP contribution in [0.25, 0.3) is 0 Å². The van der Waals surface area contributed by atoms with Gasteiger partial charge in [0.05, 0.1) is 6.10 Å². The molecule has 1 aliphatic carbocycles. The Labute approximate surface area is 112 Å². The Morgan fingerprint density at radius 3 is 2.83 bits per heavy atom. The van der Waals surface area contributed by atoms with Crippen molar-refractivity contribution in [3.63, 3.8) is 0 Å². The topological polar surface area (TPSA) is 38.5 Å². The maximum absolute atomic E-state index is 6.17. The Bertz CT molecular complexity index is 257. The maximum Gasteiger partial charge on any atom is 0.0702 e. The number of ether oxygens (including phenoxy) is 1. The summed E-state index contributed by atoms with van der Waals surface area (Å²) < 4.78 is 5.84. The van der Waals surface area contributed by atoms with Gasteiger partial charge in [-0.1, -0.05) is 19.8 Å². The molecular weight excluding hydrogens is 224 g/mol. The normalized spacial score (nSPS) is 38.8. The van der Waals surface area contributed by atoms with Gasteiger partial charge in [0.15, 0.2) is 0 Å². The molecule has 3 nitrogen and oxygen atoms in total. The summed E-state index contributed by atoms with van der Waals surface area (Å²) in [6.45, 7) is 8.44. The second-order valence-electron chi connectivity index (χ2n) is 6.30. The van der Waals surface area contributed by atoms with E-state index in [1.54, 1.807) is 0 Å². The standard InChI is InChI=1S/C15H30N2O/c1-3-18-14-7-5-9-17(11-14)15(12-16)8-4-6-13(2)10-15/h13-14H,3-12,16H2,1-2H3. The lowest BCUT2D eigenvalue weighted by atomic mass is 9.74. The summed E-state index contributed by atoms with van der Waals surface area (Å²) in [5, 5.41) is 0. The average molecular weight is 254 g/mol. The van der Waals surface area contributed by atoms with E-state index in [9.17, 15) is 0 Å². The van der Waals surface area contributed by atoms with Crippen molar-refractivity contribution in [1.29, 1.82) is 0 Å². The second kappa shape index (κ2) is 6.36. The first-order valence-corrected chi connectivity index (χ1v) is 7.77. The molecule has 1 heterocycles. The van der Waals surface area contributed by atoms with E-state index in [0.717, 1.165) is 25.6 Å². The van der Waals surface area contributed by atoms with E-state index in [0.29, 0.717) is 6.10 Å². The summed E-state index contributed by atoms with van der Waals surface area (Å²) >= 11 is 0. The predicted octanol–water partition coefficient (Wildman–Crippen LogP) is 2.39. The van der Waals surface area contributed by atoms with E-state index in [4.69, 9.17) is 10.5 Å². The second-order valence-corrected chi connectivity index (χ2v) is 6.30. The van der Waals surface area contributed by atoms with Crippen LogP contribution in [0.4, 0.5) is 0 Å². The van der Waals surface area contributed by atoms with Gasteiger partial charge in [-0.25, -0.2) is 0 Å². The number of hydrogen-bond donors (Lipinski definition) is 1. The SMILES string of the molecule is CCOC1CCCN(C2(CN)CCCC(C)C2)C1. The summed E-state index contributed by atoms with van der Waals surface area (Å²) in [6, 6.07) is 0. The van der Waals surface area contributed by atoms with Crippen LogP contribution in [-0.2, 0) is 4.74 Å². The molecule has 3 unspecified atom stereocenters. The van der Waals surface area contributed by atoms with Crippen LogP contribution in [-0.4, -0.2) is 42.8 Å². The Hall–Kier alpha value is -0.120. The zero-order chi connectivity index (χ0) is 13.0. The number of nitrogens with zero attached hydrogens (tertiary/aromatic N) is 1. The predicted molar refractivity (Wildman–Crippen MR) is 75.6 cm³/mol. The molecule has 1 aliphatic heterocycles. The largest absolute Gasteiger partial charge is 0.377 e. The fourth-order valence-electron chi connectivity index (χ4n) is 3.97. The lowest BCUT2D eigenvalue weighted by Crippen LogP contribution is -2.59. The molecule has 1 saturated carbocycles. The quantitative estimate of drug-likeness (QED) is 0.837.